The normalized spacial score (nSPS) is 29.6. The van der Waals surface area contributed by atoms with Crippen LogP contribution < -0.4 is 18.8 Å². The molecule has 2 heterocycles. The molecule has 8 atom stereocenters. The van der Waals surface area contributed by atoms with Crippen molar-refractivity contribution in [1.82, 2.24) is 19.8 Å². The summed E-state index contributed by atoms with van der Waals surface area (Å²) >= 11 is 0. The summed E-state index contributed by atoms with van der Waals surface area (Å²) in [5.41, 5.74) is 10.0. The molecule has 10 heteroatoms. The molecule has 3 aromatic carbocycles. The second-order valence-corrected chi connectivity index (χ2v) is 20.4. The van der Waals surface area contributed by atoms with Crippen LogP contribution in [0.5, 0.6) is 11.5 Å². The van der Waals surface area contributed by atoms with Gasteiger partial charge in [0, 0.05) is 34.8 Å². The third-order valence-corrected chi connectivity index (χ3v) is 17.3. The monoisotopic (exact) mass is 834 g/mol. The third kappa shape index (κ3) is 6.73. The third-order valence-electron chi connectivity index (χ3n) is 17.3. The van der Waals surface area contributed by atoms with Gasteiger partial charge < -0.3 is 9.47 Å². The molecule has 4 saturated carbocycles. The lowest BCUT2D eigenvalue weighted by atomic mass is 9.55. The predicted molar refractivity (Wildman–Crippen MR) is 232 cm³/mol. The maximum Gasteiger partial charge on any atom is 0.204 e. The Morgan fingerprint density at radius 3 is 1.52 bits per heavy atom. The van der Waals surface area contributed by atoms with Gasteiger partial charge in [0.25, 0.3) is 0 Å². The highest BCUT2D eigenvalue weighted by Crippen LogP contribution is 2.61. The summed E-state index contributed by atoms with van der Waals surface area (Å²) in [6.07, 6.45) is 16.7. The Morgan fingerprint density at radius 1 is 0.613 bits per heavy atom. The highest BCUT2D eigenvalue weighted by atomic mass is 16.5. The van der Waals surface area contributed by atoms with E-state index < -0.39 is 0 Å². The number of benzene rings is 3. The second kappa shape index (κ2) is 15.3. The van der Waals surface area contributed by atoms with Gasteiger partial charge in [0.1, 0.15) is 50.3 Å². The molecule has 6 aliphatic carbocycles. The first kappa shape index (κ1) is 39.7. The zero-order chi connectivity index (χ0) is 42.3. The van der Waals surface area contributed by atoms with E-state index in [0.717, 1.165) is 87.1 Å². The number of hydrogen-bond acceptors (Lipinski definition) is 6. The largest absolute Gasteiger partial charge is 0.485 e. The van der Waals surface area contributed by atoms with Crippen LogP contribution in [-0.4, -0.2) is 31.4 Å². The van der Waals surface area contributed by atoms with Crippen molar-refractivity contribution in [3.63, 3.8) is 0 Å². The summed E-state index contributed by atoms with van der Waals surface area (Å²) in [7, 11) is 3.97. The van der Waals surface area contributed by atoms with Gasteiger partial charge in [-0.1, -0.05) is 50.2 Å². The summed E-state index contributed by atoms with van der Waals surface area (Å²) in [4.78, 5) is 25.6. The quantitative estimate of drug-likeness (QED) is 0.133. The van der Waals surface area contributed by atoms with Crippen molar-refractivity contribution in [2.24, 2.45) is 48.6 Å². The van der Waals surface area contributed by atoms with Gasteiger partial charge in [-0.05, 0) is 146 Å². The van der Waals surface area contributed by atoms with E-state index in [2.05, 4.69) is 86.9 Å². The summed E-state index contributed by atoms with van der Waals surface area (Å²) in [5.74, 6) is 6.32. The van der Waals surface area contributed by atoms with Crippen LogP contribution in [-0.2, 0) is 62.8 Å². The first-order valence-electron chi connectivity index (χ1n) is 23.5. The topological polar surface area (TPSA) is 96.0 Å². The molecule has 5 aromatic rings. The van der Waals surface area contributed by atoms with Gasteiger partial charge in [-0.25, -0.2) is 0 Å². The molecule has 322 valence electrons. The lowest BCUT2D eigenvalue weighted by Gasteiger charge is -2.48. The summed E-state index contributed by atoms with van der Waals surface area (Å²) in [5, 5.41) is 9.66. The van der Waals surface area contributed by atoms with E-state index in [1.165, 1.54) is 46.2 Å². The fourth-order valence-corrected chi connectivity index (χ4v) is 13.8. The maximum atomic E-state index is 12.8. The van der Waals surface area contributed by atoms with Gasteiger partial charge in [-0.15, -0.1) is 18.7 Å². The zero-order valence-electron chi connectivity index (χ0n) is 37.0. The number of rotatable bonds is 10. The van der Waals surface area contributed by atoms with Crippen LogP contribution in [0.1, 0.15) is 135 Å². The molecule has 62 heavy (non-hydrogen) atoms. The lowest BCUT2D eigenvalue weighted by Crippen LogP contribution is -2.42. The molecule has 0 unspecified atom stereocenters. The Labute approximate surface area is 365 Å². The number of ether oxygens (including phenoxy) is 2. The molecule has 11 rings (SSSR count). The molecule has 2 aromatic heterocycles. The minimum atomic E-state index is -0.0869. The molecule has 0 bridgehead atoms. The molecule has 0 amide bonds. The minimum absolute atomic E-state index is 0.0869. The molecule has 0 N–H and O–H groups in total. The van der Waals surface area contributed by atoms with Crippen LogP contribution in [0.15, 0.2) is 73.1 Å². The molecule has 0 saturated heterocycles. The van der Waals surface area contributed by atoms with E-state index in [0.29, 0.717) is 73.4 Å². The first-order chi connectivity index (χ1) is 30.0. The van der Waals surface area contributed by atoms with Crippen molar-refractivity contribution in [2.75, 3.05) is 0 Å². The number of fused-ring (bicyclic) bond motifs is 10. The smallest absolute Gasteiger partial charge is 0.204 e. The van der Waals surface area contributed by atoms with E-state index >= 15 is 0 Å². The van der Waals surface area contributed by atoms with Gasteiger partial charge in [0.15, 0.2) is 25.6 Å². The summed E-state index contributed by atoms with van der Waals surface area (Å²) < 4.78 is 20.6. The zero-order valence-corrected chi connectivity index (χ0v) is 37.0. The maximum absolute atomic E-state index is 12.8. The van der Waals surface area contributed by atoms with Crippen LogP contribution in [0.3, 0.4) is 0 Å². The number of Topliss-reactive ketones (excluding diaryl/α,β-unsaturated/α-hetero) is 2. The average Bonchev–Trinajstić information content (AvgIpc) is 4.00. The van der Waals surface area contributed by atoms with Gasteiger partial charge in [-0.3, -0.25) is 9.59 Å². The standard InChI is InChI=1S/C52H62N6O4/c1-51-23-21-43-41-15-11-39(25-33(41)9-13-45(43)47(51)17-19-49(51)59)61-31-37-29-57(53-55(37)3)27-35-7-5-6-8-36(35)28-58-30-38(56(4)54-58)32-62-40-12-16-42-34(26-40)10-14-46-44(42)22-24-52(2)48(46)18-20-50(52)60/h5-8,11-12,15-16,25-26,29-30,43-48H,9-10,13-14,17-24,27-28,31-32H2,1-4H3/q+2/t43-,44-,45-,46-,47+,48+,51+,52+/m1/s1. The SMILES string of the molecule is Cn1n[n+](Cc2ccccc2C[n+]2cc(COc3ccc4c(c3)CC[C@@H]3[C@@H]4CC[C@]4(C)C(=O)CC[C@@H]34)n(C)n2)cc1COc1ccc2c(c1)CC[C@@H]1[C@@H]2CC[C@]2(C)C(=O)CC[C@@H]12. The van der Waals surface area contributed by atoms with Crippen molar-refractivity contribution in [1.29, 1.82) is 0 Å². The van der Waals surface area contributed by atoms with Gasteiger partial charge in [0.05, 0.1) is 10.4 Å². The highest BCUT2D eigenvalue weighted by Gasteiger charge is 2.56. The molecule has 0 aliphatic heterocycles. The van der Waals surface area contributed by atoms with Gasteiger partial charge >= 0.3 is 0 Å². The molecule has 4 fully saturated rings. The van der Waals surface area contributed by atoms with E-state index in [4.69, 9.17) is 19.9 Å². The molecular weight excluding hydrogens is 773 g/mol. The van der Waals surface area contributed by atoms with Gasteiger partial charge in [-0.2, -0.15) is 0 Å². The summed E-state index contributed by atoms with van der Waals surface area (Å²) in [6.45, 7) is 6.66. The Kier molecular flexibility index (Phi) is 9.80. The van der Waals surface area contributed by atoms with Crippen LogP contribution >= 0.6 is 0 Å². The van der Waals surface area contributed by atoms with E-state index in [1.54, 1.807) is 0 Å². The first-order valence-corrected chi connectivity index (χ1v) is 23.5. The molecular formula is C52H62N6O4+2. The predicted octanol–water partition coefficient (Wildman–Crippen LogP) is 7.83. The summed E-state index contributed by atoms with van der Waals surface area (Å²) in [6, 6.07) is 22.0. The van der Waals surface area contributed by atoms with E-state index in [-0.39, 0.29) is 10.8 Å². The van der Waals surface area contributed by atoms with E-state index in [1.807, 2.05) is 32.8 Å². The number of ketones is 2. The van der Waals surface area contributed by atoms with Crippen molar-refractivity contribution < 1.29 is 28.4 Å². The molecule has 0 spiro atoms. The van der Waals surface area contributed by atoms with Crippen molar-refractivity contribution in [3.8, 4) is 11.5 Å². The Morgan fingerprint density at radius 2 is 1.06 bits per heavy atom. The number of carbonyl (C=O) groups is 2. The Balaban J connectivity index is 0.708. The van der Waals surface area contributed by atoms with Gasteiger partial charge in [0.2, 0.25) is 11.4 Å². The molecule has 10 nitrogen and oxygen atoms in total. The number of hydrogen-bond donors (Lipinski definition) is 0. The molecule has 0 radical (unpaired) electrons. The fraction of sp³-hybridized carbons (Fsp3) is 0.538. The average molecular weight is 835 g/mol. The van der Waals surface area contributed by atoms with Crippen LogP contribution in [0.25, 0.3) is 0 Å². The van der Waals surface area contributed by atoms with Crippen LogP contribution in [0.4, 0.5) is 0 Å². The van der Waals surface area contributed by atoms with Crippen LogP contribution in [0, 0.1) is 34.5 Å². The molecule has 6 aliphatic rings. The second-order valence-electron chi connectivity index (χ2n) is 20.4. The number of aryl methyl sites for hydroxylation is 4. The fourth-order valence-electron chi connectivity index (χ4n) is 13.8. The van der Waals surface area contributed by atoms with Crippen molar-refractivity contribution >= 4 is 11.6 Å². The highest BCUT2D eigenvalue weighted by molar-refractivity contribution is 5.87. The number of nitrogens with zero attached hydrogens (tertiary/aromatic N) is 6. The van der Waals surface area contributed by atoms with E-state index in [9.17, 15) is 9.59 Å². The number of carbonyl (C=O) groups excluding carboxylic acids is 2. The number of aromatic nitrogens is 6. The lowest BCUT2D eigenvalue weighted by molar-refractivity contribution is -0.752. The van der Waals surface area contributed by atoms with Crippen molar-refractivity contribution in [3.05, 3.63) is 118 Å². The van der Waals surface area contributed by atoms with Crippen molar-refractivity contribution in [2.45, 2.75) is 129 Å². The Bertz CT molecular complexity index is 2400. The van der Waals surface area contributed by atoms with Crippen LogP contribution in [0.2, 0.25) is 0 Å². The minimum Gasteiger partial charge on any atom is -0.485 e. The Hall–Kier alpha value is -5.12.